The van der Waals surface area contributed by atoms with Crippen molar-refractivity contribution < 1.29 is 9.59 Å². The number of aryl methyl sites for hydroxylation is 1. The number of para-hydroxylation sites is 1. The third-order valence-electron chi connectivity index (χ3n) is 2.68. The van der Waals surface area contributed by atoms with Crippen molar-refractivity contribution in [3.63, 3.8) is 0 Å². The van der Waals surface area contributed by atoms with Crippen LogP contribution >= 0.6 is 11.3 Å². The van der Waals surface area contributed by atoms with E-state index >= 15 is 0 Å². The van der Waals surface area contributed by atoms with Gasteiger partial charge in [0.25, 0.3) is 5.91 Å². The number of amides is 2. The molecule has 1 aromatic heterocycles. The minimum absolute atomic E-state index is 0.272. The first-order chi connectivity index (χ1) is 10.6. The highest BCUT2D eigenvalue weighted by Crippen LogP contribution is 2.20. The Bertz CT molecular complexity index is 735. The fourth-order valence-electron chi connectivity index (χ4n) is 1.67. The third-order valence-corrected chi connectivity index (χ3v) is 3.66. The van der Waals surface area contributed by atoms with Crippen molar-refractivity contribution in [2.75, 3.05) is 10.6 Å². The molecule has 112 valence electrons. The first kappa shape index (κ1) is 15.6. The van der Waals surface area contributed by atoms with Gasteiger partial charge in [0, 0.05) is 0 Å². The van der Waals surface area contributed by atoms with Crippen molar-refractivity contribution in [2.24, 2.45) is 0 Å². The molecular formula is C14H13N5O2S. The van der Waals surface area contributed by atoms with E-state index in [0.29, 0.717) is 16.4 Å². The molecule has 8 heteroatoms. The molecular weight excluding hydrogens is 302 g/mol. The molecule has 0 saturated heterocycles. The summed E-state index contributed by atoms with van der Waals surface area (Å²) in [6, 6.07) is 8.32. The van der Waals surface area contributed by atoms with E-state index in [-0.39, 0.29) is 6.42 Å². The molecule has 22 heavy (non-hydrogen) atoms. The molecule has 1 heterocycles. The highest BCUT2D eigenvalue weighted by Gasteiger charge is 2.15. The molecule has 0 spiro atoms. The lowest BCUT2D eigenvalue weighted by Crippen LogP contribution is -2.17. The number of benzene rings is 1. The second kappa shape index (κ2) is 7.28. The van der Waals surface area contributed by atoms with Crippen molar-refractivity contribution in [2.45, 2.75) is 19.8 Å². The molecule has 0 bridgehead atoms. The number of carbonyl (C=O) groups excluding carboxylic acids is 2. The molecule has 0 aliphatic heterocycles. The van der Waals surface area contributed by atoms with Gasteiger partial charge in [0.1, 0.15) is 11.4 Å². The summed E-state index contributed by atoms with van der Waals surface area (Å²) in [4.78, 5) is 23.8. The predicted molar refractivity (Wildman–Crippen MR) is 82.5 cm³/mol. The molecule has 0 fully saturated rings. The van der Waals surface area contributed by atoms with Crippen molar-refractivity contribution in [3.05, 3.63) is 34.8 Å². The Labute approximate surface area is 131 Å². The number of nitrogens with one attached hydrogen (secondary N) is 2. The van der Waals surface area contributed by atoms with Gasteiger partial charge in [-0.1, -0.05) is 30.4 Å². The van der Waals surface area contributed by atoms with Crippen LogP contribution in [0.2, 0.25) is 0 Å². The summed E-state index contributed by atoms with van der Waals surface area (Å²) < 4.78 is 0. The Morgan fingerprint density at radius 3 is 2.73 bits per heavy atom. The van der Waals surface area contributed by atoms with Crippen LogP contribution in [0.15, 0.2) is 24.3 Å². The summed E-state index contributed by atoms with van der Waals surface area (Å²) in [5, 5.41) is 22.7. The molecule has 2 rings (SSSR count). The van der Waals surface area contributed by atoms with Crippen LogP contribution < -0.4 is 10.6 Å². The summed E-state index contributed by atoms with van der Waals surface area (Å²) in [6.07, 6.45) is 0.473. The van der Waals surface area contributed by atoms with E-state index in [1.54, 1.807) is 30.3 Å². The highest BCUT2D eigenvalue weighted by atomic mass is 32.1. The van der Waals surface area contributed by atoms with Crippen LogP contribution in [-0.2, 0) is 11.2 Å². The molecule has 0 radical (unpaired) electrons. The smallest absolute Gasteiger partial charge is 0.259 e. The number of aromatic nitrogens is 2. The zero-order chi connectivity index (χ0) is 15.9. The van der Waals surface area contributed by atoms with Crippen LogP contribution in [-0.4, -0.2) is 22.0 Å². The SMILES string of the molecule is CCc1nnc(NC(=O)c2ccccc2NC(=O)CC#N)s1. The lowest BCUT2D eigenvalue weighted by Gasteiger charge is -2.09. The van der Waals surface area contributed by atoms with E-state index in [0.717, 1.165) is 11.4 Å². The summed E-state index contributed by atoms with van der Waals surface area (Å²) in [6.45, 7) is 1.95. The lowest BCUT2D eigenvalue weighted by atomic mass is 10.1. The van der Waals surface area contributed by atoms with E-state index in [4.69, 9.17) is 5.26 Å². The Hall–Kier alpha value is -2.79. The summed E-state index contributed by atoms with van der Waals surface area (Å²) >= 11 is 1.30. The van der Waals surface area contributed by atoms with Gasteiger partial charge in [0.2, 0.25) is 11.0 Å². The monoisotopic (exact) mass is 315 g/mol. The van der Waals surface area contributed by atoms with E-state index in [2.05, 4.69) is 20.8 Å². The fraction of sp³-hybridized carbons (Fsp3) is 0.214. The minimum atomic E-state index is -0.466. The minimum Gasteiger partial charge on any atom is -0.324 e. The molecule has 0 unspecified atom stereocenters. The van der Waals surface area contributed by atoms with Gasteiger partial charge in [0.15, 0.2) is 0 Å². The molecule has 2 N–H and O–H groups in total. The Morgan fingerprint density at radius 1 is 1.27 bits per heavy atom. The standard InChI is InChI=1S/C14H13N5O2S/c1-2-12-18-19-14(22-12)17-13(21)9-5-3-4-6-10(9)16-11(20)7-8-15/h3-6H,2,7H2,1H3,(H,16,20)(H,17,19,21). The number of nitriles is 1. The van der Waals surface area contributed by atoms with Crippen LogP contribution in [0.1, 0.15) is 28.7 Å². The molecule has 2 aromatic rings. The van der Waals surface area contributed by atoms with Crippen molar-refractivity contribution in [1.29, 1.82) is 5.26 Å². The van der Waals surface area contributed by atoms with Gasteiger partial charge >= 0.3 is 0 Å². The average Bonchev–Trinajstić information content (AvgIpc) is 2.95. The average molecular weight is 315 g/mol. The van der Waals surface area contributed by atoms with Crippen LogP contribution in [0.3, 0.4) is 0 Å². The number of hydrogen-bond donors (Lipinski definition) is 2. The van der Waals surface area contributed by atoms with Crippen molar-refractivity contribution in [1.82, 2.24) is 10.2 Å². The van der Waals surface area contributed by atoms with Crippen LogP contribution in [0.4, 0.5) is 10.8 Å². The first-order valence-corrected chi connectivity index (χ1v) is 7.35. The molecule has 0 atom stereocenters. The molecule has 1 aromatic carbocycles. The van der Waals surface area contributed by atoms with Gasteiger partial charge in [-0.05, 0) is 18.6 Å². The van der Waals surface area contributed by atoms with Crippen molar-refractivity contribution >= 4 is 34.0 Å². The molecule has 7 nitrogen and oxygen atoms in total. The van der Waals surface area contributed by atoms with Gasteiger partial charge in [-0.2, -0.15) is 5.26 Å². The topological polar surface area (TPSA) is 108 Å². The largest absolute Gasteiger partial charge is 0.324 e. The Kier molecular flexibility index (Phi) is 5.16. The van der Waals surface area contributed by atoms with Crippen LogP contribution in [0.5, 0.6) is 0 Å². The van der Waals surface area contributed by atoms with E-state index < -0.39 is 11.8 Å². The van der Waals surface area contributed by atoms with Gasteiger partial charge < -0.3 is 5.32 Å². The predicted octanol–water partition coefficient (Wildman–Crippen LogP) is 2.20. The molecule has 0 aliphatic carbocycles. The Balaban J connectivity index is 2.15. The third kappa shape index (κ3) is 3.86. The number of nitrogens with zero attached hydrogens (tertiary/aromatic N) is 3. The normalized spacial score (nSPS) is 9.82. The second-order valence-corrected chi connectivity index (χ2v) is 5.30. The zero-order valence-corrected chi connectivity index (χ0v) is 12.6. The fourth-order valence-corrected chi connectivity index (χ4v) is 2.34. The van der Waals surface area contributed by atoms with E-state index in [1.807, 2.05) is 6.92 Å². The number of carbonyl (C=O) groups is 2. The number of hydrogen-bond acceptors (Lipinski definition) is 6. The summed E-state index contributed by atoms with van der Waals surface area (Å²) in [5.74, 6) is -0.862. The Morgan fingerprint density at radius 2 is 2.05 bits per heavy atom. The van der Waals surface area contributed by atoms with E-state index in [9.17, 15) is 9.59 Å². The number of anilines is 2. The maximum absolute atomic E-state index is 12.3. The summed E-state index contributed by atoms with van der Waals surface area (Å²) in [5.41, 5.74) is 0.641. The molecule has 0 saturated carbocycles. The molecule has 0 aliphatic rings. The van der Waals surface area contributed by atoms with Crippen molar-refractivity contribution in [3.8, 4) is 6.07 Å². The van der Waals surface area contributed by atoms with E-state index in [1.165, 1.54) is 11.3 Å². The zero-order valence-electron chi connectivity index (χ0n) is 11.8. The quantitative estimate of drug-likeness (QED) is 0.879. The lowest BCUT2D eigenvalue weighted by molar-refractivity contribution is -0.115. The van der Waals surface area contributed by atoms with Gasteiger partial charge in [-0.25, -0.2) is 0 Å². The highest BCUT2D eigenvalue weighted by molar-refractivity contribution is 7.15. The van der Waals surface area contributed by atoms with Gasteiger partial charge in [-0.3, -0.25) is 14.9 Å². The van der Waals surface area contributed by atoms with Gasteiger partial charge in [0.05, 0.1) is 17.3 Å². The molecule has 2 amide bonds. The maximum atomic E-state index is 12.3. The van der Waals surface area contributed by atoms with Gasteiger partial charge in [-0.15, -0.1) is 10.2 Å². The summed E-state index contributed by atoms with van der Waals surface area (Å²) in [7, 11) is 0. The van der Waals surface area contributed by atoms with Crippen LogP contribution in [0, 0.1) is 11.3 Å². The second-order valence-electron chi connectivity index (χ2n) is 4.24. The number of rotatable bonds is 5. The van der Waals surface area contributed by atoms with Crippen LogP contribution in [0.25, 0.3) is 0 Å². The first-order valence-electron chi connectivity index (χ1n) is 6.53. The maximum Gasteiger partial charge on any atom is 0.259 e.